The van der Waals surface area contributed by atoms with E-state index in [0.29, 0.717) is 34.6 Å². The van der Waals surface area contributed by atoms with Crippen LogP contribution in [-0.4, -0.2) is 22.8 Å². The van der Waals surface area contributed by atoms with Crippen LogP contribution in [0.3, 0.4) is 0 Å². The van der Waals surface area contributed by atoms with Crippen molar-refractivity contribution in [1.29, 1.82) is 0 Å². The van der Waals surface area contributed by atoms with Gasteiger partial charge in [-0.2, -0.15) is 0 Å². The molecule has 0 spiro atoms. The Morgan fingerprint density at radius 3 is 2.70 bits per heavy atom. The van der Waals surface area contributed by atoms with Gasteiger partial charge in [0.25, 0.3) is 0 Å². The summed E-state index contributed by atoms with van der Waals surface area (Å²) in [7, 11) is 0. The number of amides is 1. The Balaban J connectivity index is 1.74. The summed E-state index contributed by atoms with van der Waals surface area (Å²) in [6, 6.07) is 15.9. The number of nitrogens with two attached hydrogens (primary N) is 1. The van der Waals surface area contributed by atoms with Crippen molar-refractivity contribution in [2.45, 2.75) is 32.0 Å². The van der Waals surface area contributed by atoms with Crippen LogP contribution in [0, 0.1) is 0 Å². The van der Waals surface area contributed by atoms with Gasteiger partial charge in [-0.1, -0.05) is 25.1 Å². The minimum Gasteiger partial charge on any atom is -0.489 e. The topological polar surface area (TPSA) is 91.5 Å². The van der Waals surface area contributed by atoms with E-state index in [2.05, 4.69) is 4.98 Å². The Morgan fingerprint density at radius 2 is 1.97 bits per heavy atom. The zero-order valence-corrected chi connectivity index (χ0v) is 16.6. The highest BCUT2D eigenvalue weighted by molar-refractivity contribution is 6.00. The van der Waals surface area contributed by atoms with Gasteiger partial charge in [-0.25, -0.2) is 0 Å². The first kappa shape index (κ1) is 19.6. The zero-order chi connectivity index (χ0) is 21.1. The van der Waals surface area contributed by atoms with Gasteiger partial charge >= 0.3 is 0 Å². The number of nitrogens with zero attached hydrogens (tertiary/aromatic N) is 1. The molecule has 6 nitrogen and oxygen atoms in total. The number of Topliss-reactive ketones (excluding diaryl/α,β-unsaturated/α-hetero) is 1. The van der Waals surface area contributed by atoms with Crippen molar-refractivity contribution in [3.05, 3.63) is 89.2 Å². The quantitative estimate of drug-likeness (QED) is 0.670. The molecule has 0 radical (unpaired) electrons. The summed E-state index contributed by atoms with van der Waals surface area (Å²) in [5, 5.41) is 0. The second kappa shape index (κ2) is 8.37. The lowest BCUT2D eigenvalue weighted by Gasteiger charge is -2.26. The summed E-state index contributed by atoms with van der Waals surface area (Å²) < 4.78 is 12.3. The van der Waals surface area contributed by atoms with E-state index >= 15 is 0 Å². The molecule has 1 unspecified atom stereocenters. The van der Waals surface area contributed by atoms with Crippen molar-refractivity contribution < 1.29 is 19.1 Å². The van der Waals surface area contributed by atoms with E-state index in [1.807, 2.05) is 31.2 Å². The summed E-state index contributed by atoms with van der Waals surface area (Å²) in [6.07, 6.45) is 3.75. The summed E-state index contributed by atoms with van der Waals surface area (Å²) in [6.45, 7) is 1.99. The fourth-order valence-electron chi connectivity index (χ4n) is 3.60. The molecule has 0 fully saturated rings. The van der Waals surface area contributed by atoms with Crippen LogP contribution in [0.15, 0.2) is 67.0 Å². The zero-order valence-electron chi connectivity index (χ0n) is 16.6. The van der Waals surface area contributed by atoms with Crippen LogP contribution in [0.2, 0.25) is 0 Å². The Hall–Kier alpha value is -3.67. The van der Waals surface area contributed by atoms with Crippen LogP contribution in [-0.2, 0) is 0 Å². The van der Waals surface area contributed by atoms with Gasteiger partial charge in [-0.15, -0.1) is 0 Å². The van der Waals surface area contributed by atoms with Gasteiger partial charge in [0.2, 0.25) is 5.91 Å². The number of primary amides is 1. The normalized spacial score (nSPS) is 16.3. The fraction of sp³-hybridized carbons (Fsp3) is 0.208. The molecular weight excluding hydrogens is 380 g/mol. The number of ketones is 1. The number of carbonyl (C=O) groups excluding carboxylic acids is 2. The highest BCUT2D eigenvalue weighted by Crippen LogP contribution is 2.36. The second-order valence-electron chi connectivity index (χ2n) is 7.16. The number of pyridine rings is 1. The predicted octanol–water partition coefficient (Wildman–Crippen LogP) is 4.09. The Labute approximate surface area is 174 Å². The molecule has 0 saturated carbocycles. The molecule has 0 aliphatic carbocycles. The Morgan fingerprint density at radius 1 is 1.20 bits per heavy atom. The van der Waals surface area contributed by atoms with Crippen LogP contribution in [0.25, 0.3) is 0 Å². The number of carbonyl (C=O) groups is 2. The lowest BCUT2D eigenvalue weighted by atomic mass is 9.96. The van der Waals surface area contributed by atoms with Crippen LogP contribution < -0.4 is 15.2 Å². The van der Waals surface area contributed by atoms with Crippen molar-refractivity contribution in [3.8, 4) is 11.5 Å². The molecule has 3 aromatic rings. The van der Waals surface area contributed by atoms with Gasteiger partial charge in [-0.05, 0) is 42.3 Å². The molecule has 30 heavy (non-hydrogen) atoms. The fourth-order valence-corrected chi connectivity index (χ4v) is 3.60. The van der Waals surface area contributed by atoms with Crippen LogP contribution in [0.4, 0.5) is 0 Å². The Bertz CT molecular complexity index is 1080. The molecule has 1 aliphatic heterocycles. The second-order valence-corrected chi connectivity index (χ2v) is 7.16. The lowest BCUT2D eigenvalue weighted by molar-refractivity contribution is 0.0843. The van der Waals surface area contributed by atoms with E-state index in [0.717, 1.165) is 12.0 Å². The summed E-state index contributed by atoms with van der Waals surface area (Å²) in [5.41, 5.74) is 8.01. The SMILES string of the molecule is CCC1CC(=O)c2ccc(O[C@H](c3ccncc3)c3ccccc3C(N)=O)cc2O1. The monoisotopic (exact) mass is 402 g/mol. The average molecular weight is 402 g/mol. The van der Waals surface area contributed by atoms with Crippen LogP contribution in [0.5, 0.6) is 11.5 Å². The smallest absolute Gasteiger partial charge is 0.249 e. The third-order valence-electron chi connectivity index (χ3n) is 5.19. The van der Waals surface area contributed by atoms with Gasteiger partial charge in [0, 0.05) is 36.0 Å². The van der Waals surface area contributed by atoms with E-state index in [1.54, 1.807) is 42.7 Å². The van der Waals surface area contributed by atoms with Crippen molar-refractivity contribution in [2.75, 3.05) is 0 Å². The van der Waals surface area contributed by atoms with E-state index in [-0.39, 0.29) is 11.9 Å². The standard InChI is InChI=1S/C24H22N2O4/c1-2-16-13-21(27)20-8-7-17(14-22(20)29-16)30-23(15-9-11-26-12-10-15)18-5-3-4-6-19(18)24(25)28/h3-12,14,16,23H,2,13H2,1H3,(H2,25,28)/t16?,23-/m1/s1. The van der Waals surface area contributed by atoms with E-state index < -0.39 is 12.0 Å². The van der Waals surface area contributed by atoms with E-state index in [1.165, 1.54) is 0 Å². The maximum absolute atomic E-state index is 12.4. The molecule has 4 rings (SSSR count). The first-order valence-electron chi connectivity index (χ1n) is 9.86. The van der Waals surface area contributed by atoms with Crippen LogP contribution in [0.1, 0.15) is 57.7 Å². The third kappa shape index (κ3) is 3.89. The molecule has 152 valence electrons. The molecule has 2 N–H and O–H groups in total. The largest absolute Gasteiger partial charge is 0.489 e. The highest BCUT2D eigenvalue weighted by atomic mass is 16.5. The van der Waals surface area contributed by atoms with Gasteiger partial charge < -0.3 is 15.2 Å². The predicted molar refractivity (Wildman–Crippen MR) is 112 cm³/mol. The molecule has 2 atom stereocenters. The van der Waals surface area contributed by atoms with Gasteiger partial charge in [0.1, 0.15) is 23.7 Å². The minimum atomic E-state index is -0.587. The Kier molecular flexibility index (Phi) is 5.48. The molecular formula is C24H22N2O4. The van der Waals surface area contributed by atoms with Crippen molar-refractivity contribution >= 4 is 11.7 Å². The summed E-state index contributed by atoms with van der Waals surface area (Å²) >= 11 is 0. The number of aromatic nitrogens is 1. The average Bonchev–Trinajstić information content (AvgIpc) is 2.77. The van der Waals surface area contributed by atoms with Gasteiger partial charge in [-0.3, -0.25) is 14.6 Å². The number of fused-ring (bicyclic) bond motifs is 1. The maximum Gasteiger partial charge on any atom is 0.249 e. The molecule has 1 aromatic heterocycles. The number of rotatable bonds is 6. The number of benzene rings is 2. The van der Waals surface area contributed by atoms with E-state index in [4.69, 9.17) is 15.2 Å². The van der Waals surface area contributed by atoms with Gasteiger partial charge in [0.05, 0.1) is 5.56 Å². The molecule has 1 amide bonds. The highest BCUT2D eigenvalue weighted by Gasteiger charge is 2.27. The third-order valence-corrected chi connectivity index (χ3v) is 5.19. The summed E-state index contributed by atoms with van der Waals surface area (Å²) in [4.78, 5) is 28.4. The van der Waals surface area contributed by atoms with Crippen LogP contribution >= 0.6 is 0 Å². The summed E-state index contributed by atoms with van der Waals surface area (Å²) in [5.74, 6) is 0.587. The lowest BCUT2D eigenvalue weighted by Crippen LogP contribution is -2.26. The number of ether oxygens (including phenoxy) is 2. The van der Waals surface area contributed by atoms with Gasteiger partial charge in [0.15, 0.2) is 5.78 Å². The number of hydrogen-bond donors (Lipinski definition) is 1. The molecule has 2 heterocycles. The van der Waals surface area contributed by atoms with Crippen molar-refractivity contribution in [2.24, 2.45) is 5.73 Å². The van der Waals surface area contributed by atoms with Crippen molar-refractivity contribution in [1.82, 2.24) is 4.98 Å². The first-order valence-corrected chi connectivity index (χ1v) is 9.86. The first-order chi connectivity index (χ1) is 14.6. The number of hydrogen-bond acceptors (Lipinski definition) is 5. The molecule has 2 aromatic carbocycles. The van der Waals surface area contributed by atoms with Crippen molar-refractivity contribution in [3.63, 3.8) is 0 Å². The van der Waals surface area contributed by atoms with E-state index in [9.17, 15) is 9.59 Å². The maximum atomic E-state index is 12.4. The molecule has 1 aliphatic rings. The minimum absolute atomic E-state index is 0.0689. The molecule has 6 heteroatoms. The molecule has 0 saturated heterocycles. The molecule has 0 bridgehead atoms.